The van der Waals surface area contributed by atoms with Gasteiger partial charge < -0.3 is 13.7 Å². The highest BCUT2D eigenvalue weighted by Crippen LogP contribution is 2.41. The van der Waals surface area contributed by atoms with Gasteiger partial charge >= 0.3 is 0 Å². The quantitative estimate of drug-likeness (QED) is 0.186. The fourth-order valence-corrected chi connectivity index (χ4v) is 8.33. The van der Waals surface area contributed by atoms with Gasteiger partial charge in [-0.15, -0.1) is 0 Å². The van der Waals surface area contributed by atoms with E-state index in [1.165, 1.54) is 49.2 Å². The van der Waals surface area contributed by atoms with E-state index in [2.05, 4.69) is 184 Å². The zero-order valence-electron chi connectivity index (χ0n) is 27.6. The second-order valence-electron chi connectivity index (χ2n) is 13.2. The average Bonchev–Trinajstić information content (AvgIpc) is 3.84. The Labute approximate surface area is 293 Å². The molecule has 7 aromatic carbocycles. The molecule has 51 heavy (non-hydrogen) atoms. The zero-order chi connectivity index (χ0) is 33.5. The van der Waals surface area contributed by atoms with Gasteiger partial charge in [0.05, 0.1) is 38.6 Å². The molecule has 0 radical (unpaired) electrons. The normalized spacial score (nSPS) is 11.9. The molecule has 0 bridgehead atoms. The van der Waals surface area contributed by atoms with E-state index in [9.17, 15) is 0 Å². The van der Waals surface area contributed by atoms with Crippen LogP contribution in [0.2, 0.25) is 0 Å². The third-order valence-corrected chi connectivity index (χ3v) is 10.5. The van der Waals surface area contributed by atoms with E-state index < -0.39 is 0 Å². The first-order valence-electron chi connectivity index (χ1n) is 17.4. The van der Waals surface area contributed by atoms with E-state index in [1.807, 2.05) is 12.3 Å². The minimum atomic E-state index is 0.998. The van der Waals surface area contributed by atoms with Crippen molar-refractivity contribution in [3.05, 3.63) is 182 Å². The number of hydrogen-bond acceptors (Lipinski definition) is 1. The monoisotopic (exact) mass is 650 g/mol. The van der Waals surface area contributed by atoms with E-state index in [1.54, 1.807) is 0 Å². The van der Waals surface area contributed by atoms with Crippen LogP contribution in [-0.4, -0.2) is 18.7 Å². The van der Waals surface area contributed by atoms with Crippen LogP contribution in [0.4, 0.5) is 0 Å². The molecule has 0 N–H and O–H groups in total. The molecule has 0 fully saturated rings. The lowest BCUT2D eigenvalue weighted by molar-refractivity contribution is 1.15. The molecule has 0 amide bonds. The van der Waals surface area contributed by atoms with Crippen molar-refractivity contribution in [2.75, 3.05) is 0 Å². The van der Waals surface area contributed by atoms with Crippen LogP contribution in [0.15, 0.2) is 182 Å². The summed E-state index contributed by atoms with van der Waals surface area (Å²) in [6.45, 7) is 0. The highest BCUT2D eigenvalue weighted by molar-refractivity contribution is 6.23. The summed E-state index contributed by atoms with van der Waals surface area (Å²) in [5.41, 5.74) is 13.7. The summed E-state index contributed by atoms with van der Waals surface area (Å²) in [5.74, 6) is 0. The molecule has 4 heterocycles. The fourth-order valence-electron chi connectivity index (χ4n) is 8.33. The lowest BCUT2D eigenvalue weighted by Crippen LogP contribution is -1.99. The molecule has 0 saturated heterocycles. The minimum Gasteiger partial charge on any atom is -0.309 e. The molecular formula is C47H30N4. The maximum absolute atomic E-state index is 4.96. The summed E-state index contributed by atoms with van der Waals surface area (Å²) < 4.78 is 7.22. The average molecular weight is 651 g/mol. The van der Waals surface area contributed by atoms with Gasteiger partial charge in [0.1, 0.15) is 0 Å². The van der Waals surface area contributed by atoms with Crippen LogP contribution in [0.1, 0.15) is 0 Å². The van der Waals surface area contributed by atoms with Crippen molar-refractivity contribution in [1.82, 2.24) is 18.7 Å². The first kappa shape index (κ1) is 28.0. The first-order valence-corrected chi connectivity index (χ1v) is 17.4. The number of rotatable bonds is 4. The Morgan fingerprint density at radius 1 is 0.314 bits per heavy atom. The van der Waals surface area contributed by atoms with Crippen molar-refractivity contribution in [2.24, 2.45) is 0 Å². The van der Waals surface area contributed by atoms with Crippen molar-refractivity contribution in [2.45, 2.75) is 0 Å². The van der Waals surface area contributed by atoms with Gasteiger partial charge in [-0.1, -0.05) is 103 Å². The summed E-state index contributed by atoms with van der Waals surface area (Å²) in [4.78, 5) is 4.96. The van der Waals surface area contributed by atoms with Crippen LogP contribution < -0.4 is 0 Å². The molecule has 0 aliphatic heterocycles. The van der Waals surface area contributed by atoms with Crippen LogP contribution in [0.25, 0.3) is 93.7 Å². The largest absolute Gasteiger partial charge is 0.309 e. The Bertz CT molecular complexity index is 3090. The van der Waals surface area contributed by atoms with Crippen LogP contribution in [0.5, 0.6) is 0 Å². The summed E-state index contributed by atoms with van der Waals surface area (Å²) in [7, 11) is 0. The van der Waals surface area contributed by atoms with Crippen molar-refractivity contribution in [3.63, 3.8) is 0 Å². The highest BCUT2D eigenvalue weighted by atomic mass is 15.1. The molecule has 0 aliphatic carbocycles. The molecule has 0 atom stereocenters. The molecular weight excluding hydrogens is 621 g/mol. The van der Waals surface area contributed by atoms with Gasteiger partial charge in [-0.05, 0) is 83.9 Å². The Hall–Kier alpha value is -6.91. The van der Waals surface area contributed by atoms with Gasteiger partial charge in [0.2, 0.25) is 0 Å². The molecule has 11 aromatic rings. The second kappa shape index (κ2) is 10.8. The predicted molar refractivity (Wildman–Crippen MR) is 213 cm³/mol. The maximum atomic E-state index is 4.96. The van der Waals surface area contributed by atoms with Gasteiger partial charge in [0, 0.05) is 50.2 Å². The molecule has 238 valence electrons. The number of nitrogens with zero attached hydrogens (tertiary/aromatic N) is 4. The van der Waals surface area contributed by atoms with Gasteiger partial charge in [-0.2, -0.15) is 0 Å². The molecule has 0 spiro atoms. The number of benzene rings is 7. The minimum absolute atomic E-state index is 0.998. The van der Waals surface area contributed by atoms with Crippen molar-refractivity contribution in [1.29, 1.82) is 0 Å². The predicted octanol–water partition coefficient (Wildman–Crippen LogP) is 12.0. The molecule has 4 heteroatoms. The number of fused-ring (bicyclic) bond motifs is 10. The molecule has 11 rings (SSSR count). The van der Waals surface area contributed by atoms with Crippen LogP contribution in [0, 0.1) is 0 Å². The van der Waals surface area contributed by atoms with Crippen molar-refractivity contribution in [3.8, 4) is 28.2 Å². The Morgan fingerprint density at radius 3 is 1.45 bits per heavy atom. The molecule has 0 aliphatic rings. The third kappa shape index (κ3) is 4.05. The number of hydrogen-bond donors (Lipinski definition) is 0. The Balaban J connectivity index is 1.17. The van der Waals surface area contributed by atoms with E-state index in [4.69, 9.17) is 4.98 Å². The van der Waals surface area contributed by atoms with Crippen LogP contribution in [-0.2, 0) is 0 Å². The van der Waals surface area contributed by atoms with E-state index in [0.29, 0.717) is 0 Å². The molecule has 0 saturated carbocycles. The Kier molecular flexibility index (Phi) is 5.92. The first-order chi connectivity index (χ1) is 25.3. The van der Waals surface area contributed by atoms with E-state index in [-0.39, 0.29) is 0 Å². The SMILES string of the molecule is c1ccc(-n2c3ccccc3c3ccc4c5ncccc5n(-c5cccc(-c6cccc(-n7c8ccccc8c8ccccc87)c6)c5)c4c32)cc1. The Morgan fingerprint density at radius 2 is 0.784 bits per heavy atom. The topological polar surface area (TPSA) is 27.7 Å². The smallest absolute Gasteiger partial charge is 0.0964 e. The van der Waals surface area contributed by atoms with Gasteiger partial charge in [-0.3, -0.25) is 4.98 Å². The highest BCUT2D eigenvalue weighted by Gasteiger charge is 2.22. The summed E-state index contributed by atoms with van der Waals surface area (Å²) in [6.07, 6.45) is 1.90. The third-order valence-electron chi connectivity index (χ3n) is 10.5. The molecule has 0 unspecified atom stereocenters. The molecule has 4 nitrogen and oxygen atoms in total. The zero-order valence-corrected chi connectivity index (χ0v) is 27.6. The van der Waals surface area contributed by atoms with E-state index >= 15 is 0 Å². The van der Waals surface area contributed by atoms with Gasteiger partial charge in [0.15, 0.2) is 0 Å². The fraction of sp³-hybridized carbons (Fsp3) is 0. The number of aromatic nitrogens is 4. The van der Waals surface area contributed by atoms with Crippen LogP contribution >= 0.6 is 0 Å². The van der Waals surface area contributed by atoms with Crippen LogP contribution in [0.3, 0.4) is 0 Å². The summed E-state index contributed by atoms with van der Waals surface area (Å²) in [6, 6.07) is 63.4. The van der Waals surface area contributed by atoms with Gasteiger partial charge in [0.25, 0.3) is 0 Å². The van der Waals surface area contributed by atoms with Gasteiger partial charge in [-0.25, -0.2) is 0 Å². The number of pyridine rings is 1. The lowest BCUT2D eigenvalue weighted by Gasteiger charge is -2.14. The number of para-hydroxylation sites is 4. The second-order valence-corrected chi connectivity index (χ2v) is 13.2. The summed E-state index contributed by atoms with van der Waals surface area (Å²) in [5, 5.41) is 6.12. The lowest BCUT2D eigenvalue weighted by atomic mass is 10.0. The maximum Gasteiger partial charge on any atom is 0.0964 e. The molecule has 4 aromatic heterocycles. The standard InChI is InChI=1S/C47H30N4/c1-2-15-33(16-3-1)50-43-24-9-6-21-38(43)39-26-27-40-45-44(25-12-28-48-45)51(47(40)46(39)50)35-18-11-14-32(30-35)31-13-10-17-34(29-31)49-41-22-7-4-19-36(41)37-20-5-8-23-42(37)49/h1-30H. The summed E-state index contributed by atoms with van der Waals surface area (Å²) >= 11 is 0. The van der Waals surface area contributed by atoms with E-state index in [0.717, 1.165) is 44.6 Å². The van der Waals surface area contributed by atoms with Crippen molar-refractivity contribution < 1.29 is 0 Å². The van der Waals surface area contributed by atoms with Crippen molar-refractivity contribution >= 4 is 65.5 Å².